The predicted octanol–water partition coefficient (Wildman–Crippen LogP) is 3.96. The van der Waals surface area contributed by atoms with E-state index < -0.39 is 0 Å². The summed E-state index contributed by atoms with van der Waals surface area (Å²) in [7, 11) is 0. The summed E-state index contributed by atoms with van der Waals surface area (Å²) in [6.45, 7) is 0.271. The lowest BCUT2D eigenvalue weighted by Crippen LogP contribution is -1.99. The van der Waals surface area contributed by atoms with Crippen molar-refractivity contribution in [2.75, 3.05) is 6.61 Å². The highest BCUT2D eigenvalue weighted by molar-refractivity contribution is 5.87. The third-order valence-electron chi connectivity index (χ3n) is 2.64. The standard InChI is InChI=1S/C18H16O2/c19-18(14-13-17-10-5-2-6-11-17)20-15-7-12-16-8-3-1-4-9-16/h1-14H,15H2/b12-7-,14-13+. The maximum atomic E-state index is 11.5. The average Bonchev–Trinajstić information content (AvgIpc) is 2.52. The van der Waals surface area contributed by atoms with E-state index in [9.17, 15) is 4.79 Å². The van der Waals surface area contributed by atoms with E-state index in [1.54, 1.807) is 6.08 Å². The highest BCUT2D eigenvalue weighted by Gasteiger charge is 1.94. The van der Waals surface area contributed by atoms with E-state index in [1.807, 2.05) is 72.8 Å². The van der Waals surface area contributed by atoms with Crippen molar-refractivity contribution < 1.29 is 9.53 Å². The number of esters is 1. The van der Waals surface area contributed by atoms with Crippen LogP contribution >= 0.6 is 0 Å². The summed E-state index contributed by atoms with van der Waals surface area (Å²) < 4.78 is 5.07. The van der Waals surface area contributed by atoms with Gasteiger partial charge >= 0.3 is 5.97 Å². The molecule has 0 heterocycles. The largest absolute Gasteiger partial charge is 0.458 e. The van der Waals surface area contributed by atoms with Gasteiger partial charge in [-0.2, -0.15) is 0 Å². The molecule has 2 heteroatoms. The molecule has 0 aliphatic rings. The first kappa shape index (κ1) is 13.8. The van der Waals surface area contributed by atoms with Crippen molar-refractivity contribution in [1.82, 2.24) is 0 Å². The molecule has 0 bridgehead atoms. The number of carbonyl (C=O) groups is 1. The molecule has 0 spiro atoms. The van der Waals surface area contributed by atoms with Crippen molar-refractivity contribution in [2.45, 2.75) is 0 Å². The Morgan fingerprint density at radius 3 is 2.00 bits per heavy atom. The Morgan fingerprint density at radius 1 is 0.850 bits per heavy atom. The minimum Gasteiger partial charge on any atom is -0.458 e. The predicted molar refractivity (Wildman–Crippen MR) is 81.9 cm³/mol. The van der Waals surface area contributed by atoms with E-state index in [1.165, 1.54) is 6.08 Å². The number of hydrogen-bond donors (Lipinski definition) is 0. The molecule has 0 radical (unpaired) electrons. The third kappa shape index (κ3) is 4.94. The first-order valence-electron chi connectivity index (χ1n) is 6.46. The molecule has 0 atom stereocenters. The van der Waals surface area contributed by atoms with Crippen LogP contribution in [0.25, 0.3) is 12.2 Å². The van der Waals surface area contributed by atoms with Crippen molar-refractivity contribution >= 4 is 18.1 Å². The molecule has 2 rings (SSSR count). The second kappa shape index (κ2) is 7.74. The van der Waals surface area contributed by atoms with E-state index in [4.69, 9.17) is 4.74 Å². The summed E-state index contributed by atoms with van der Waals surface area (Å²) in [4.78, 5) is 11.5. The summed E-state index contributed by atoms with van der Waals surface area (Å²) in [6.07, 6.45) is 6.92. The molecule has 0 aromatic heterocycles. The quantitative estimate of drug-likeness (QED) is 0.603. The van der Waals surface area contributed by atoms with Gasteiger partial charge in [0.15, 0.2) is 0 Å². The van der Waals surface area contributed by atoms with Gasteiger partial charge in [-0.15, -0.1) is 0 Å². The van der Waals surface area contributed by atoms with Crippen molar-refractivity contribution in [1.29, 1.82) is 0 Å². The Labute approximate surface area is 119 Å². The fourth-order valence-electron chi connectivity index (χ4n) is 1.66. The molecule has 2 aromatic carbocycles. The first-order valence-corrected chi connectivity index (χ1v) is 6.46. The summed E-state index contributed by atoms with van der Waals surface area (Å²) in [6, 6.07) is 19.5. The highest BCUT2D eigenvalue weighted by atomic mass is 16.5. The first-order chi connectivity index (χ1) is 9.84. The highest BCUT2D eigenvalue weighted by Crippen LogP contribution is 2.02. The van der Waals surface area contributed by atoms with Crippen molar-refractivity contribution in [3.63, 3.8) is 0 Å². The van der Waals surface area contributed by atoms with Gasteiger partial charge in [0.25, 0.3) is 0 Å². The summed E-state index contributed by atoms with van der Waals surface area (Å²) in [5.41, 5.74) is 2.06. The van der Waals surface area contributed by atoms with E-state index in [0.717, 1.165) is 11.1 Å². The zero-order valence-electron chi connectivity index (χ0n) is 11.1. The second-order valence-electron chi connectivity index (χ2n) is 4.19. The molecule has 0 aliphatic heterocycles. The lowest BCUT2D eigenvalue weighted by Gasteiger charge is -1.97. The fourth-order valence-corrected chi connectivity index (χ4v) is 1.66. The van der Waals surface area contributed by atoms with Gasteiger partial charge in [0.05, 0.1) is 0 Å². The Morgan fingerprint density at radius 2 is 1.40 bits per heavy atom. The van der Waals surface area contributed by atoms with Crippen molar-refractivity contribution in [3.8, 4) is 0 Å². The molecule has 0 amide bonds. The van der Waals surface area contributed by atoms with Crippen LogP contribution in [0, 0.1) is 0 Å². The molecule has 100 valence electrons. The average molecular weight is 264 g/mol. The number of carbonyl (C=O) groups excluding carboxylic acids is 1. The van der Waals surface area contributed by atoms with Gasteiger partial charge in [-0.1, -0.05) is 66.7 Å². The summed E-state index contributed by atoms with van der Waals surface area (Å²) >= 11 is 0. The molecule has 0 saturated heterocycles. The molecule has 2 aromatic rings. The van der Waals surface area contributed by atoms with Crippen LogP contribution in [0.4, 0.5) is 0 Å². The van der Waals surface area contributed by atoms with Crippen LogP contribution in [-0.4, -0.2) is 12.6 Å². The summed E-state index contributed by atoms with van der Waals surface area (Å²) in [5.74, 6) is -0.341. The molecule has 0 saturated carbocycles. The van der Waals surface area contributed by atoms with Crippen LogP contribution in [0.15, 0.2) is 72.8 Å². The van der Waals surface area contributed by atoms with Crippen LogP contribution in [0.3, 0.4) is 0 Å². The van der Waals surface area contributed by atoms with Gasteiger partial charge in [0, 0.05) is 6.08 Å². The van der Waals surface area contributed by atoms with Crippen molar-refractivity contribution in [3.05, 3.63) is 83.9 Å². The maximum Gasteiger partial charge on any atom is 0.331 e. The zero-order chi connectivity index (χ0) is 14.0. The topological polar surface area (TPSA) is 26.3 Å². The molecule has 0 aliphatic carbocycles. The second-order valence-corrected chi connectivity index (χ2v) is 4.19. The van der Waals surface area contributed by atoms with Gasteiger partial charge in [-0.3, -0.25) is 0 Å². The van der Waals surface area contributed by atoms with Crippen LogP contribution in [-0.2, 0) is 9.53 Å². The Kier molecular flexibility index (Phi) is 5.35. The minimum atomic E-state index is -0.341. The van der Waals surface area contributed by atoms with E-state index in [-0.39, 0.29) is 12.6 Å². The molecule has 0 unspecified atom stereocenters. The van der Waals surface area contributed by atoms with Gasteiger partial charge in [0.1, 0.15) is 6.61 Å². The van der Waals surface area contributed by atoms with Gasteiger partial charge in [-0.05, 0) is 23.3 Å². The molecule has 2 nitrogen and oxygen atoms in total. The molecular formula is C18H16O2. The van der Waals surface area contributed by atoms with Crippen LogP contribution in [0.5, 0.6) is 0 Å². The van der Waals surface area contributed by atoms with E-state index >= 15 is 0 Å². The Bertz CT molecular complexity index is 583. The van der Waals surface area contributed by atoms with Crippen LogP contribution in [0.1, 0.15) is 11.1 Å². The van der Waals surface area contributed by atoms with Gasteiger partial charge < -0.3 is 4.74 Å². The normalized spacial score (nSPS) is 11.0. The van der Waals surface area contributed by atoms with Crippen LogP contribution < -0.4 is 0 Å². The lowest BCUT2D eigenvalue weighted by molar-refractivity contribution is -0.136. The van der Waals surface area contributed by atoms with Crippen molar-refractivity contribution in [2.24, 2.45) is 0 Å². The van der Waals surface area contributed by atoms with E-state index in [0.29, 0.717) is 0 Å². The Balaban J connectivity index is 1.76. The number of hydrogen-bond acceptors (Lipinski definition) is 2. The molecule has 20 heavy (non-hydrogen) atoms. The molecular weight excluding hydrogens is 248 g/mol. The van der Waals surface area contributed by atoms with Gasteiger partial charge in [0.2, 0.25) is 0 Å². The Hall–Kier alpha value is -2.61. The van der Waals surface area contributed by atoms with E-state index in [2.05, 4.69) is 0 Å². The van der Waals surface area contributed by atoms with Crippen LogP contribution in [0.2, 0.25) is 0 Å². The third-order valence-corrected chi connectivity index (χ3v) is 2.64. The SMILES string of the molecule is O=C(/C=C/c1ccccc1)OC/C=C\c1ccccc1. The fraction of sp³-hybridized carbons (Fsp3) is 0.0556. The minimum absolute atomic E-state index is 0.271. The number of benzene rings is 2. The van der Waals surface area contributed by atoms with Gasteiger partial charge in [-0.25, -0.2) is 4.79 Å². The lowest BCUT2D eigenvalue weighted by atomic mass is 10.2. The number of rotatable bonds is 5. The smallest absolute Gasteiger partial charge is 0.331 e. The number of ether oxygens (including phenoxy) is 1. The maximum absolute atomic E-state index is 11.5. The summed E-state index contributed by atoms with van der Waals surface area (Å²) in [5, 5.41) is 0. The molecule has 0 fully saturated rings. The molecule has 0 N–H and O–H groups in total. The monoisotopic (exact) mass is 264 g/mol. The zero-order valence-corrected chi connectivity index (χ0v) is 11.1.